The Labute approximate surface area is 129 Å². The van der Waals surface area contributed by atoms with E-state index in [0.29, 0.717) is 17.0 Å². The zero-order chi connectivity index (χ0) is 14.6. The third kappa shape index (κ3) is 4.18. The third-order valence-electron chi connectivity index (χ3n) is 3.28. The van der Waals surface area contributed by atoms with Crippen LogP contribution in [0.25, 0.3) is 0 Å². The van der Waals surface area contributed by atoms with Gasteiger partial charge in [0.25, 0.3) is 0 Å². The third-order valence-corrected chi connectivity index (χ3v) is 6.17. The van der Waals surface area contributed by atoms with Gasteiger partial charge in [0.1, 0.15) is 4.99 Å². The highest BCUT2D eigenvalue weighted by molar-refractivity contribution is 7.99. The van der Waals surface area contributed by atoms with Gasteiger partial charge < -0.3 is 10.6 Å². The molecule has 1 saturated heterocycles. The maximum absolute atomic E-state index is 12.3. The number of nitrogens with two attached hydrogens (primary N) is 1. The predicted octanol–water partition coefficient (Wildman–Crippen LogP) is 1.14. The summed E-state index contributed by atoms with van der Waals surface area (Å²) in [5.74, 6) is 2.33. The summed E-state index contributed by atoms with van der Waals surface area (Å²) in [6, 6.07) is 6.48. The van der Waals surface area contributed by atoms with Crippen LogP contribution in [0.15, 0.2) is 29.2 Å². The first-order valence-corrected chi connectivity index (χ1v) is 9.63. The van der Waals surface area contributed by atoms with Crippen molar-refractivity contribution in [3.05, 3.63) is 29.8 Å². The minimum absolute atomic E-state index is 0.157. The maximum Gasteiger partial charge on any atom is 0.179 e. The highest BCUT2D eigenvalue weighted by atomic mass is 32.2. The Morgan fingerprint density at radius 3 is 2.40 bits per heavy atom. The van der Waals surface area contributed by atoms with Crippen LogP contribution in [0.4, 0.5) is 0 Å². The van der Waals surface area contributed by atoms with Crippen LogP contribution in [0.2, 0.25) is 0 Å². The number of nitrogens with zero attached hydrogens (tertiary/aromatic N) is 1. The lowest BCUT2D eigenvalue weighted by Crippen LogP contribution is -2.36. The van der Waals surface area contributed by atoms with Gasteiger partial charge in [0.15, 0.2) is 9.84 Å². The first kappa shape index (κ1) is 15.8. The van der Waals surface area contributed by atoms with Crippen LogP contribution in [0, 0.1) is 0 Å². The molecule has 0 aliphatic carbocycles. The second-order valence-electron chi connectivity index (χ2n) is 4.66. The molecule has 1 aliphatic heterocycles. The van der Waals surface area contributed by atoms with Crippen LogP contribution < -0.4 is 5.73 Å². The summed E-state index contributed by atoms with van der Waals surface area (Å²) >= 11 is 6.77. The van der Waals surface area contributed by atoms with Gasteiger partial charge in [0, 0.05) is 36.7 Å². The molecular formula is C13H18N2O2S3. The first-order valence-electron chi connectivity index (χ1n) is 6.42. The van der Waals surface area contributed by atoms with Crippen molar-refractivity contribution in [2.24, 2.45) is 5.73 Å². The van der Waals surface area contributed by atoms with E-state index in [1.165, 1.54) is 0 Å². The average molecular weight is 330 g/mol. The van der Waals surface area contributed by atoms with Crippen LogP contribution in [0.5, 0.6) is 0 Å². The maximum atomic E-state index is 12.3. The molecule has 20 heavy (non-hydrogen) atoms. The van der Waals surface area contributed by atoms with Crippen molar-refractivity contribution in [2.45, 2.75) is 4.90 Å². The molecule has 0 saturated carbocycles. The fourth-order valence-electron chi connectivity index (χ4n) is 2.02. The standard InChI is InChI=1S/C13H18N2O2S3/c14-13(18)11-1-3-12(4-2-11)20(16,17)10-7-15-5-8-19-9-6-15/h1-4H,5-10H2,(H2,14,18). The molecular weight excluding hydrogens is 312 g/mol. The van der Waals surface area contributed by atoms with Gasteiger partial charge in [-0.25, -0.2) is 8.42 Å². The van der Waals surface area contributed by atoms with E-state index in [1.807, 2.05) is 11.8 Å². The second kappa shape index (κ2) is 6.89. The highest BCUT2D eigenvalue weighted by Gasteiger charge is 2.18. The van der Waals surface area contributed by atoms with E-state index in [9.17, 15) is 8.42 Å². The zero-order valence-corrected chi connectivity index (χ0v) is 13.6. The Hall–Kier alpha value is -0.630. The van der Waals surface area contributed by atoms with E-state index in [0.717, 1.165) is 24.6 Å². The van der Waals surface area contributed by atoms with Gasteiger partial charge in [-0.05, 0) is 12.1 Å². The summed E-state index contributed by atoms with van der Waals surface area (Å²) in [6.07, 6.45) is 0. The summed E-state index contributed by atoms with van der Waals surface area (Å²) < 4.78 is 24.5. The van der Waals surface area contributed by atoms with E-state index >= 15 is 0 Å². The van der Waals surface area contributed by atoms with Gasteiger partial charge in [-0.1, -0.05) is 24.4 Å². The highest BCUT2D eigenvalue weighted by Crippen LogP contribution is 2.14. The molecule has 4 nitrogen and oxygen atoms in total. The smallest absolute Gasteiger partial charge is 0.179 e. The number of hydrogen-bond donors (Lipinski definition) is 1. The van der Waals surface area contributed by atoms with E-state index in [1.54, 1.807) is 24.3 Å². The molecule has 2 rings (SSSR count). The van der Waals surface area contributed by atoms with Crippen molar-refractivity contribution in [1.82, 2.24) is 4.90 Å². The predicted molar refractivity (Wildman–Crippen MR) is 88.1 cm³/mol. The molecule has 0 aromatic heterocycles. The van der Waals surface area contributed by atoms with E-state index in [2.05, 4.69) is 4.90 Å². The zero-order valence-electron chi connectivity index (χ0n) is 11.1. The minimum Gasteiger partial charge on any atom is -0.389 e. The topological polar surface area (TPSA) is 63.4 Å². The van der Waals surface area contributed by atoms with Gasteiger partial charge in [0.05, 0.1) is 10.6 Å². The molecule has 1 aromatic carbocycles. The summed E-state index contributed by atoms with van der Waals surface area (Å²) in [5, 5.41) is 0. The Morgan fingerprint density at radius 2 is 1.85 bits per heavy atom. The molecule has 0 bridgehead atoms. The average Bonchev–Trinajstić information content (AvgIpc) is 2.46. The van der Waals surface area contributed by atoms with Crippen LogP contribution in [0.3, 0.4) is 0 Å². The lowest BCUT2D eigenvalue weighted by atomic mass is 10.2. The van der Waals surface area contributed by atoms with Gasteiger partial charge in [0.2, 0.25) is 0 Å². The Balaban J connectivity index is 2.00. The lowest BCUT2D eigenvalue weighted by molar-refractivity contribution is 0.320. The van der Waals surface area contributed by atoms with Crippen molar-refractivity contribution in [1.29, 1.82) is 0 Å². The Bertz CT molecular complexity index is 564. The quantitative estimate of drug-likeness (QED) is 0.817. The molecule has 0 amide bonds. The molecule has 1 heterocycles. The molecule has 0 atom stereocenters. The number of thioether (sulfide) groups is 1. The fourth-order valence-corrected chi connectivity index (χ4v) is 4.42. The summed E-state index contributed by atoms with van der Waals surface area (Å²) in [4.78, 5) is 2.82. The second-order valence-corrected chi connectivity index (χ2v) is 8.44. The monoisotopic (exact) mass is 330 g/mol. The lowest BCUT2D eigenvalue weighted by Gasteiger charge is -2.25. The van der Waals surface area contributed by atoms with Gasteiger partial charge in [-0.3, -0.25) is 0 Å². The largest absolute Gasteiger partial charge is 0.389 e. The molecule has 7 heteroatoms. The van der Waals surface area contributed by atoms with E-state index in [-0.39, 0.29) is 10.7 Å². The van der Waals surface area contributed by atoms with Gasteiger partial charge >= 0.3 is 0 Å². The number of rotatable bonds is 5. The number of thiocarbonyl (C=S) groups is 1. The van der Waals surface area contributed by atoms with Crippen LogP contribution >= 0.6 is 24.0 Å². The van der Waals surface area contributed by atoms with Crippen molar-refractivity contribution in [3.63, 3.8) is 0 Å². The van der Waals surface area contributed by atoms with E-state index in [4.69, 9.17) is 18.0 Å². The molecule has 2 N–H and O–H groups in total. The number of sulfone groups is 1. The van der Waals surface area contributed by atoms with Gasteiger partial charge in [-0.15, -0.1) is 0 Å². The molecule has 110 valence electrons. The SMILES string of the molecule is NC(=S)c1ccc(S(=O)(=O)CCN2CCSCC2)cc1. The fraction of sp³-hybridized carbons (Fsp3) is 0.462. The summed E-state index contributed by atoms with van der Waals surface area (Å²) in [7, 11) is -3.23. The molecule has 0 radical (unpaired) electrons. The first-order chi connectivity index (χ1) is 9.49. The van der Waals surface area contributed by atoms with Gasteiger partial charge in [-0.2, -0.15) is 11.8 Å². The Kier molecular flexibility index (Phi) is 5.42. The molecule has 0 unspecified atom stereocenters. The van der Waals surface area contributed by atoms with Crippen molar-refractivity contribution in [3.8, 4) is 0 Å². The molecule has 1 fully saturated rings. The van der Waals surface area contributed by atoms with Crippen molar-refractivity contribution >= 4 is 38.8 Å². The summed E-state index contributed by atoms with van der Waals surface area (Å²) in [6.45, 7) is 2.54. The molecule has 1 aliphatic rings. The normalized spacial score (nSPS) is 17.0. The van der Waals surface area contributed by atoms with Crippen LogP contribution in [0.1, 0.15) is 5.56 Å². The number of benzene rings is 1. The van der Waals surface area contributed by atoms with Crippen LogP contribution in [-0.2, 0) is 9.84 Å². The number of hydrogen-bond acceptors (Lipinski definition) is 5. The molecule has 0 spiro atoms. The summed E-state index contributed by atoms with van der Waals surface area (Å²) in [5.41, 5.74) is 6.19. The molecule has 1 aromatic rings. The Morgan fingerprint density at radius 1 is 1.25 bits per heavy atom. The van der Waals surface area contributed by atoms with Crippen LogP contribution in [-0.4, -0.2) is 55.2 Å². The van der Waals surface area contributed by atoms with E-state index < -0.39 is 9.84 Å². The van der Waals surface area contributed by atoms with Crippen molar-refractivity contribution < 1.29 is 8.42 Å². The minimum atomic E-state index is -3.23. The van der Waals surface area contributed by atoms with Crippen molar-refractivity contribution in [2.75, 3.05) is 36.9 Å².